The molecule has 0 amide bonds. The number of ketones is 1. The molecule has 1 aromatic rings. The van der Waals surface area contributed by atoms with E-state index in [1.54, 1.807) is 6.07 Å². The van der Waals surface area contributed by atoms with Crippen LogP contribution in [0.25, 0.3) is 0 Å². The molecule has 98 valence electrons. The Morgan fingerprint density at radius 1 is 1.44 bits per heavy atom. The van der Waals surface area contributed by atoms with Gasteiger partial charge in [-0.1, -0.05) is 25.4 Å². The van der Waals surface area contributed by atoms with Gasteiger partial charge in [-0.05, 0) is 18.5 Å². The van der Waals surface area contributed by atoms with E-state index in [9.17, 15) is 4.79 Å². The van der Waals surface area contributed by atoms with Crippen LogP contribution in [0.3, 0.4) is 0 Å². The molecule has 0 bridgehead atoms. The molecule has 0 saturated carbocycles. The summed E-state index contributed by atoms with van der Waals surface area (Å²) in [7, 11) is 0. The lowest BCUT2D eigenvalue weighted by molar-refractivity contribution is 0.0983. The number of Topliss-reactive ketones (excluding diaryl/α,β-unsaturated/α-hetero) is 1. The Balaban J connectivity index is 2.58. The van der Waals surface area contributed by atoms with Crippen molar-refractivity contribution in [1.82, 2.24) is 0 Å². The maximum Gasteiger partial charge on any atom is 0.231 e. The summed E-state index contributed by atoms with van der Waals surface area (Å²) in [5.41, 5.74) is 6.87. The number of carbonyl (C=O) groups excluding carboxylic acids is 1. The summed E-state index contributed by atoms with van der Waals surface area (Å²) in [4.78, 5) is 12.1. The van der Waals surface area contributed by atoms with Gasteiger partial charge in [0.25, 0.3) is 0 Å². The number of fused-ring (bicyclic) bond motifs is 1. The number of ether oxygens (including phenoxy) is 2. The molecule has 2 N–H and O–H groups in total. The topological polar surface area (TPSA) is 61.6 Å². The van der Waals surface area contributed by atoms with E-state index in [4.69, 9.17) is 26.8 Å². The monoisotopic (exact) mass is 269 g/mol. The van der Waals surface area contributed by atoms with Gasteiger partial charge in [0, 0.05) is 17.5 Å². The molecule has 1 aliphatic heterocycles. The lowest BCUT2D eigenvalue weighted by Gasteiger charge is -2.15. The number of carbonyl (C=O) groups is 1. The Bertz CT molecular complexity index is 486. The van der Waals surface area contributed by atoms with Crippen molar-refractivity contribution in [1.29, 1.82) is 0 Å². The second-order valence-electron chi connectivity index (χ2n) is 4.50. The van der Waals surface area contributed by atoms with Crippen LogP contribution in [0.2, 0.25) is 5.02 Å². The van der Waals surface area contributed by atoms with Crippen molar-refractivity contribution in [2.24, 2.45) is 5.73 Å². The van der Waals surface area contributed by atoms with Crippen molar-refractivity contribution in [3.8, 4) is 11.5 Å². The number of nitrogens with two attached hydrogens (primary N) is 1. The van der Waals surface area contributed by atoms with Crippen molar-refractivity contribution in [3.05, 3.63) is 22.2 Å². The highest BCUT2D eigenvalue weighted by molar-refractivity contribution is 6.33. The van der Waals surface area contributed by atoms with E-state index in [1.807, 2.05) is 13.8 Å². The molecule has 1 aliphatic rings. The largest absolute Gasteiger partial charge is 0.453 e. The zero-order valence-corrected chi connectivity index (χ0v) is 11.2. The summed E-state index contributed by atoms with van der Waals surface area (Å²) in [5, 5.41) is 0.410. The molecular weight excluding hydrogens is 254 g/mol. The van der Waals surface area contributed by atoms with Gasteiger partial charge in [0.15, 0.2) is 17.3 Å². The van der Waals surface area contributed by atoms with Crippen molar-refractivity contribution < 1.29 is 14.3 Å². The van der Waals surface area contributed by atoms with Crippen LogP contribution in [0.4, 0.5) is 0 Å². The Labute approximate surface area is 111 Å². The van der Waals surface area contributed by atoms with E-state index < -0.39 is 0 Å². The predicted molar refractivity (Wildman–Crippen MR) is 69.7 cm³/mol. The third-order valence-electron chi connectivity index (χ3n) is 2.88. The SMILES string of the molecule is CC(C)c1c(C(=O)CCN)cc(Cl)c2c1OCO2. The Kier molecular flexibility index (Phi) is 3.78. The van der Waals surface area contributed by atoms with Crippen molar-refractivity contribution in [3.63, 3.8) is 0 Å². The van der Waals surface area contributed by atoms with E-state index in [1.165, 1.54) is 0 Å². The number of benzene rings is 1. The van der Waals surface area contributed by atoms with Gasteiger partial charge in [-0.15, -0.1) is 0 Å². The highest BCUT2D eigenvalue weighted by Gasteiger charge is 2.28. The fourth-order valence-corrected chi connectivity index (χ4v) is 2.37. The van der Waals surface area contributed by atoms with Gasteiger partial charge >= 0.3 is 0 Å². The fraction of sp³-hybridized carbons (Fsp3) is 0.462. The third-order valence-corrected chi connectivity index (χ3v) is 3.17. The molecule has 1 heterocycles. The minimum atomic E-state index is -0.0126. The van der Waals surface area contributed by atoms with Gasteiger partial charge in [-0.25, -0.2) is 0 Å². The molecule has 1 aromatic carbocycles. The van der Waals surface area contributed by atoms with Crippen LogP contribution in [0, 0.1) is 0 Å². The smallest absolute Gasteiger partial charge is 0.231 e. The van der Waals surface area contributed by atoms with Gasteiger partial charge in [0.1, 0.15) is 0 Å². The highest BCUT2D eigenvalue weighted by atomic mass is 35.5. The van der Waals surface area contributed by atoms with Crippen LogP contribution in [-0.4, -0.2) is 19.1 Å². The summed E-state index contributed by atoms with van der Waals surface area (Å²) in [6.45, 7) is 4.47. The van der Waals surface area contributed by atoms with E-state index >= 15 is 0 Å². The molecule has 0 aliphatic carbocycles. The Morgan fingerprint density at radius 2 is 2.11 bits per heavy atom. The van der Waals surface area contributed by atoms with E-state index in [-0.39, 0.29) is 18.5 Å². The standard InChI is InChI=1S/C13H16ClNO3/c1-7(2)11-8(10(16)3-4-15)5-9(14)12-13(11)18-6-17-12/h5,7H,3-4,6,15H2,1-2H3. The van der Waals surface area contributed by atoms with Gasteiger partial charge in [-0.3, -0.25) is 4.79 Å². The lowest BCUT2D eigenvalue weighted by Crippen LogP contribution is -2.11. The lowest BCUT2D eigenvalue weighted by atomic mass is 9.92. The molecule has 4 nitrogen and oxygen atoms in total. The van der Waals surface area contributed by atoms with Gasteiger partial charge < -0.3 is 15.2 Å². The van der Waals surface area contributed by atoms with Gasteiger partial charge in [0.05, 0.1) is 5.02 Å². The summed E-state index contributed by atoms with van der Waals surface area (Å²) in [5.74, 6) is 1.26. The Morgan fingerprint density at radius 3 is 2.72 bits per heavy atom. The van der Waals surface area contributed by atoms with Crippen LogP contribution in [0.1, 0.15) is 42.1 Å². The summed E-state index contributed by atoms with van der Waals surface area (Å²) in [6.07, 6.45) is 0.301. The maximum absolute atomic E-state index is 12.1. The second-order valence-corrected chi connectivity index (χ2v) is 4.91. The molecule has 0 aromatic heterocycles. The molecule has 5 heteroatoms. The van der Waals surface area contributed by atoms with E-state index in [0.29, 0.717) is 35.1 Å². The number of halogens is 1. The molecule has 0 atom stereocenters. The third kappa shape index (κ3) is 2.18. The van der Waals surface area contributed by atoms with E-state index in [0.717, 1.165) is 5.56 Å². The highest BCUT2D eigenvalue weighted by Crippen LogP contribution is 2.46. The Hall–Kier alpha value is -1.26. The van der Waals surface area contributed by atoms with Crippen LogP contribution in [-0.2, 0) is 0 Å². The van der Waals surface area contributed by atoms with Crippen LogP contribution < -0.4 is 15.2 Å². The van der Waals surface area contributed by atoms with Crippen molar-refractivity contribution in [2.75, 3.05) is 13.3 Å². The first-order valence-corrected chi connectivity index (χ1v) is 6.29. The maximum atomic E-state index is 12.1. The normalized spacial score (nSPS) is 13.2. The van der Waals surface area contributed by atoms with Crippen molar-refractivity contribution in [2.45, 2.75) is 26.2 Å². The average molecular weight is 270 g/mol. The first-order chi connectivity index (χ1) is 8.56. The van der Waals surface area contributed by atoms with E-state index in [2.05, 4.69) is 0 Å². The van der Waals surface area contributed by atoms with Gasteiger partial charge in [-0.2, -0.15) is 0 Å². The molecule has 2 rings (SSSR count). The first-order valence-electron chi connectivity index (χ1n) is 5.91. The summed E-state index contributed by atoms with van der Waals surface area (Å²) < 4.78 is 10.8. The predicted octanol–water partition coefficient (Wildman–Crippen LogP) is 2.72. The summed E-state index contributed by atoms with van der Waals surface area (Å²) >= 11 is 6.11. The van der Waals surface area contributed by atoms with Crippen LogP contribution >= 0.6 is 11.6 Å². The number of hydrogen-bond acceptors (Lipinski definition) is 4. The molecule has 0 saturated heterocycles. The van der Waals surface area contributed by atoms with Crippen molar-refractivity contribution >= 4 is 17.4 Å². The quantitative estimate of drug-likeness (QED) is 0.854. The van der Waals surface area contributed by atoms with Crippen LogP contribution in [0.5, 0.6) is 11.5 Å². The van der Waals surface area contributed by atoms with Crippen LogP contribution in [0.15, 0.2) is 6.07 Å². The molecule has 18 heavy (non-hydrogen) atoms. The summed E-state index contributed by atoms with van der Waals surface area (Å²) in [6, 6.07) is 1.66. The first kappa shape index (κ1) is 13.2. The minimum Gasteiger partial charge on any atom is -0.453 e. The minimum absolute atomic E-state index is 0.0126. The zero-order chi connectivity index (χ0) is 13.3. The molecule has 0 radical (unpaired) electrons. The molecule has 0 spiro atoms. The number of hydrogen-bond donors (Lipinski definition) is 1. The van der Waals surface area contributed by atoms with Gasteiger partial charge in [0.2, 0.25) is 6.79 Å². The molecular formula is C13H16ClNO3. The second kappa shape index (κ2) is 5.16. The number of rotatable bonds is 4. The average Bonchev–Trinajstić information content (AvgIpc) is 2.77. The molecule has 0 unspecified atom stereocenters. The zero-order valence-electron chi connectivity index (χ0n) is 10.5. The molecule has 0 fully saturated rings. The fourth-order valence-electron chi connectivity index (χ4n) is 2.12.